The Kier molecular flexibility index (Phi) is 4.58. The molecule has 6 N–H and O–H groups in total. The Bertz CT molecular complexity index is 1020. The van der Waals surface area contributed by atoms with Gasteiger partial charge in [0.15, 0.2) is 0 Å². The molecule has 4 aliphatic rings. The smallest absolute Gasteiger partial charge is 0.337 e. The lowest BCUT2D eigenvalue weighted by molar-refractivity contribution is -0.129. The van der Waals surface area contributed by atoms with Crippen molar-refractivity contribution in [1.29, 1.82) is 0 Å². The van der Waals surface area contributed by atoms with Crippen LogP contribution in [0.1, 0.15) is 52.8 Å². The summed E-state index contributed by atoms with van der Waals surface area (Å²) in [7, 11) is 0. The van der Waals surface area contributed by atoms with E-state index in [9.17, 15) is 14.7 Å². The number of nitrogens with zero attached hydrogens (tertiary/aromatic N) is 2. The molecule has 2 aromatic rings. The zero-order valence-corrected chi connectivity index (χ0v) is 16.9. The van der Waals surface area contributed by atoms with E-state index in [0.29, 0.717) is 40.6 Å². The highest BCUT2D eigenvalue weighted by Crippen LogP contribution is 2.56. The number of amides is 1. The Labute approximate surface area is 179 Å². The number of carboxylic acid groups (broad SMARTS) is 1. The SMILES string of the molecule is NC(=O)c1cnc(Nc2ccc(C(=O)O)cn2)cc1N[C@@H]1[C@@H]2CC3C[C@H]1C[C@@](O)(C3)C2. The van der Waals surface area contributed by atoms with Gasteiger partial charge in [-0.2, -0.15) is 0 Å². The van der Waals surface area contributed by atoms with Crippen molar-refractivity contribution < 1.29 is 19.8 Å². The molecule has 0 saturated heterocycles. The van der Waals surface area contributed by atoms with E-state index >= 15 is 0 Å². The number of carbonyl (C=O) groups excluding carboxylic acids is 1. The number of aromatic nitrogens is 2. The Hall–Kier alpha value is -3.20. The zero-order chi connectivity index (χ0) is 21.8. The Morgan fingerprint density at radius 3 is 2.35 bits per heavy atom. The highest BCUT2D eigenvalue weighted by molar-refractivity contribution is 5.98. The molecule has 2 heterocycles. The first kappa shape index (κ1) is 19.7. The molecule has 0 aliphatic heterocycles. The number of anilines is 3. The fourth-order valence-electron chi connectivity index (χ4n) is 5.96. The third-order valence-electron chi connectivity index (χ3n) is 7.00. The van der Waals surface area contributed by atoms with Gasteiger partial charge in [0.05, 0.1) is 22.4 Å². The van der Waals surface area contributed by atoms with E-state index in [1.165, 1.54) is 18.5 Å². The molecule has 1 unspecified atom stereocenters. The van der Waals surface area contributed by atoms with Crippen molar-refractivity contribution in [2.45, 2.75) is 43.7 Å². The minimum atomic E-state index is -1.05. The minimum absolute atomic E-state index is 0.0912. The van der Waals surface area contributed by atoms with Crippen molar-refractivity contribution in [3.63, 3.8) is 0 Å². The van der Waals surface area contributed by atoms with Gasteiger partial charge in [-0.05, 0) is 62.0 Å². The second-order valence-electron chi connectivity index (χ2n) is 9.21. The Morgan fingerprint density at radius 1 is 1.06 bits per heavy atom. The second kappa shape index (κ2) is 7.19. The number of hydrogen-bond donors (Lipinski definition) is 5. The summed E-state index contributed by atoms with van der Waals surface area (Å²) in [6.45, 7) is 0. The van der Waals surface area contributed by atoms with Crippen LogP contribution in [0, 0.1) is 17.8 Å². The van der Waals surface area contributed by atoms with Gasteiger partial charge in [0.1, 0.15) is 11.6 Å². The summed E-state index contributed by atoms with van der Waals surface area (Å²) >= 11 is 0. The van der Waals surface area contributed by atoms with Crippen LogP contribution in [0.25, 0.3) is 0 Å². The molecule has 0 aromatic carbocycles. The summed E-state index contributed by atoms with van der Waals surface area (Å²) in [5.41, 5.74) is 6.07. The van der Waals surface area contributed by atoms with Crippen molar-refractivity contribution in [2.75, 3.05) is 10.6 Å². The van der Waals surface area contributed by atoms with Gasteiger partial charge >= 0.3 is 5.97 Å². The van der Waals surface area contributed by atoms with Gasteiger partial charge < -0.3 is 26.6 Å². The predicted molar refractivity (Wildman–Crippen MR) is 113 cm³/mol. The topological polar surface area (TPSA) is 150 Å². The van der Waals surface area contributed by atoms with E-state index in [2.05, 4.69) is 20.6 Å². The standard InChI is InChI=1S/C22H25N5O4/c23-20(28)15-10-25-18(27-17-2-1-12(9-24-17)21(29)30)5-16(15)26-19-13-3-11-4-14(19)8-22(31,6-11)7-13/h1-2,5,9-11,13-14,19,31H,3-4,6-8H2,(H2,23,28)(H,29,30)(H2,24,25,26,27)/t11?,13-,14+,19-,22-. The monoisotopic (exact) mass is 423 g/mol. The molecule has 4 fully saturated rings. The summed E-state index contributed by atoms with van der Waals surface area (Å²) < 4.78 is 0. The summed E-state index contributed by atoms with van der Waals surface area (Å²) in [5, 5.41) is 26.4. The van der Waals surface area contributed by atoms with Crippen LogP contribution >= 0.6 is 0 Å². The van der Waals surface area contributed by atoms with E-state index in [0.717, 1.165) is 32.1 Å². The fourth-order valence-corrected chi connectivity index (χ4v) is 5.96. The number of aromatic carboxylic acids is 1. The van der Waals surface area contributed by atoms with E-state index in [-0.39, 0.29) is 11.6 Å². The molecule has 4 aliphatic carbocycles. The first-order chi connectivity index (χ1) is 14.8. The molecular weight excluding hydrogens is 398 g/mol. The second-order valence-corrected chi connectivity index (χ2v) is 9.21. The molecule has 9 heteroatoms. The summed E-state index contributed by atoms with van der Waals surface area (Å²) in [6, 6.07) is 4.91. The molecule has 31 heavy (non-hydrogen) atoms. The molecule has 9 nitrogen and oxygen atoms in total. The van der Waals surface area contributed by atoms with Crippen LogP contribution in [-0.2, 0) is 0 Å². The molecule has 4 bridgehead atoms. The van der Waals surface area contributed by atoms with Crippen molar-refractivity contribution in [1.82, 2.24) is 9.97 Å². The van der Waals surface area contributed by atoms with Crippen LogP contribution in [0.5, 0.6) is 0 Å². The lowest BCUT2D eigenvalue weighted by Gasteiger charge is -2.58. The number of carboxylic acids is 1. The van der Waals surface area contributed by atoms with Crippen LogP contribution in [0.4, 0.5) is 17.3 Å². The number of nitrogens with one attached hydrogen (secondary N) is 2. The molecule has 5 atom stereocenters. The van der Waals surface area contributed by atoms with Gasteiger partial charge in [0.25, 0.3) is 5.91 Å². The fraction of sp³-hybridized carbons (Fsp3) is 0.455. The van der Waals surface area contributed by atoms with Gasteiger partial charge in [-0.1, -0.05) is 0 Å². The first-order valence-corrected chi connectivity index (χ1v) is 10.5. The Balaban J connectivity index is 1.39. The normalized spacial score (nSPS) is 30.7. The Morgan fingerprint density at radius 2 is 1.77 bits per heavy atom. The van der Waals surface area contributed by atoms with Crippen LogP contribution in [0.3, 0.4) is 0 Å². The van der Waals surface area contributed by atoms with Gasteiger partial charge in [-0.3, -0.25) is 4.79 Å². The summed E-state index contributed by atoms with van der Waals surface area (Å²) in [5.74, 6) is 0.615. The number of rotatable bonds is 6. The van der Waals surface area contributed by atoms with Crippen molar-refractivity contribution in [3.05, 3.63) is 41.7 Å². The van der Waals surface area contributed by atoms with Crippen molar-refractivity contribution >= 4 is 29.2 Å². The van der Waals surface area contributed by atoms with E-state index in [1.807, 2.05) is 0 Å². The zero-order valence-electron chi connectivity index (χ0n) is 16.9. The van der Waals surface area contributed by atoms with Crippen LogP contribution in [0.2, 0.25) is 0 Å². The quantitative estimate of drug-likeness (QED) is 0.475. The van der Waals surface area contributed by atoms with Crippen LogP contribution in [0.15, 0.2) is 30.6 Å². The largest absolute Gasteiger partial charge is 0.478 e. The third kappa shape index (κ3) is 3.69. The maximum Gasteiger partial charge on any atom is 0.337 e. The highest BCUT2D eigenvalue weighted by Gasteiger charge is 2.54. The highest BCUT2D eigenvalue weighted by atomic mass is 16.4. The van der Waals surface area contributed by atoms with E-state index in [1.54, 1.807) is 12.1 Å². The summed E-state index contributed by atoms with van der Waals surface area (Å²) in [4.78, 5) is 31.3. The van der Waals surface area contributed by atoms with Crippen molar-refractivity contribution in [3.8, 4) is 0 Å². The maximum absolute atomic E-state index is 12.0. The van der Waals surface area contributed by atoms with Crippen molar-refractivity contribution in [2.24, 2.45) is 23.5 Å². The molecule has 1 amide bonds. The average Bonchev–Trinajstić information content (AvgIpc) is 2.70. The number of aliphatic hydroxyl groups is 1. The van der Waals surface area contributed by atoms with Crippen LogP contribution in [-0.4, -0.2) is 43.7 Å². The summed E-state index contributed by atoms with van der Waals surface area (Å²) in [6.07, 6.45) is 7.38. The van der Waals surface area contributed by atoms with E-state index in [4.69, 9.17) is 10.8 Å². The number of carbonyl (C=O) groups is 2. The minimum Gasteiger partial charge on any atom is -0.478 e. The third-order valence-corrected chi connectivity index (χ3v) is 7.00. The molecule has 2 aromatic heterocycles. The number of pyridine rings is 2. The molecule has 4 saturated carbocycles. The van der Waals surface area contributed by atoms with Gasteiger partial charge in [0.2, 0.25) is 0 Å². The molecule has 162 valence electrons. The molecule has 0 radical (unpaired) electrons. The predicted octanol–water partition coefficient (Wildman–Crippen LogP) is 2.37. The number of primary amides is 1. The van der Waals surface area contributed by atoms with Crippen LogP contribution < -0.4 is 16.4 Å². The molecular formula is C22H25N5O4. The maximum atomic E-state index is 12.0. The van der Waals surface area contributed by atoms with Gasteiger partial charge in [-0.25, -0.2) is 14.8 Å². The molecule has 0 spiro atoms. The number of nitrogens with two attached hydrogens (primary N) is 1. The lowest BCUT2D eigenvalue weighted by Crippen LogP contribution is -2.59. The van der Waals surface area contributed by atoms with E-state index < -0.39 is 17.5 Å². The van der Waals surface area contributed by atoms with Gasteiger partial charge in [-0.15, -0.1) is 0 Å². The van der Waals surface area contributed by atoms with Gasteiger partial charge in [0, 0.05) is 24.5 Å². The lowest BCUT2D eigenvalue weighted by atomic mass is 9.52. The molecule has 6 rings (SSSR count). The first-order valence-electron chi connectivity index (χ1n) is 10.5. The average molecular weight is 423 g/mol. The number of hydrogen-bond acceptors (Lipinski definition) is 7.